The molecule has 26 nitrogen and oxygen atoms in total. The predicted molar refractivity (Wildman–Crippen MR) is 548 cm³/mol. The van der Waals surface area contributed by atoms with Crippen molar-refractivity contribution in [2.75, 3.05) is 189 Å². The number of amides is 4. The zero-order valence-electron chi connectivity index (χ0n) is 89.1. The van der Waals surface area contributed by atoms with Crippen LogP contribution in [-0.2, 0) is 58.8 Å². The number of carbonyl (C=O) groups excluding carboxylic acids is 4. The van der Waals surface area contributed by atoms with Crippen LogP contribution in [0.2, 0.25) is 0 Å². The maximum atomic E-state index is 12.2. The third-order valence-electron chi connectivity index (χ3n) is 29.4. The third kappa shape index (κ3) is 32.4. The normalized spacial score (nSPS) is 24.1. The van der Waals surface area contributed by atoms with Gasteiger partial charge in [0.1, 0.15) is 11.2 Å². The zero-order valence-corrected chi connectivity index (χ0v) is 92.3. The lowest BCUT2D eigenvalue weighted by Crippen LogP contribution is -2.73. The van der Waals surface area contributed by atoms with Crippen LogP contribution in [-0.4, -0.2) is 355 Å². The fourth-order valence-electron chi connectivity index (χ4n) is 19.6. The molecule has 0 aromatic carbocycles. The number of sulfonamides is 3. The fraction of sp³-hybridized carbons (Fsp3) is 0.854. The number of carbonyl (C=O) groups is 4. The quantitative estimate of drug-likeness (QED) is 0.0969. The molecule has 13 heterocycles. The van der Waals surface area contributed by atoms with Gasteiger partial charge in [-0.2, -0.15) is 8.61 Å². The van der Waals surface area contributed by atoms with E-state index in [-0.39, 0.29) is 34.4 Å². The van der Waals surface area contributed by atoms with Crippen LogP contribution < -0.4 is 0 Å². The van der Waals surface area contributed by atoms with E-state index in [1.54, 1.807) is 19.8 Å². The van der Waals surface area contributed by atoms with Crippen LogP contribution in [0.5, 0.6) is 0 Å². The molecule has 11 fully saturated rings. The molecule has 133 heavy (non-hydrogen) atoms. The molecular weight excluding hydrogens is 1760 g/mol. The van der Waals surface area contributed by atoms with Gasteiger partial charge in [-0.3, -0.25) is 33.4 Å². The lowest BCUT2D eigenvalue weighted by molar-refractivity contribution is -0.163. The zero-order chi connectivity index (χ0) is 99.9. The van der Waals surface area contributed by atoms with Crippen LogP contribution >= 0.6 is 0 Å². The van der Waals surface area contributed by atoms with Gasteiger partial charge in [0.05, 0.1) is 16.3 Å². The van der Waals surface area contributed by atoms with Crippen LogP contribution in [0, 0.1) is 62.6 Å². The molecule has 30 heteroatoms. The molecule has 16 rings (SSSR count). The summed E-state index contributed by atoms with van der Waals surface area (Å²) in [6, 6.07) is 2.64. The lowest BCUT2D eigenvalue weighted by Gasteiger charge is -2.61. The van der Waals surface area contributed by atoms with Crippen molar-refractivity contribution in [2.24, 2.45) is 62.6 Å². The van der Waals surface area contributed by atoms with E-state index in [1.165, 1.54) is 84.2 Å². The van der Waals surface area contributed by atoms with Crippen molar-refractivity contribution in [2.45, 2.75) is 317 Å². The Labute approximate surface area is 810 Å². The second-order valence-electron chi connectivity index (χ2n) is 48.2. The van der Waals surface area contributed by atoms with Gasteiger partial charge >= 0.3 is 12.2 Å². The van der Waals surface area contributed by atoms with Crippen molar-refractivity contribution >= 4 is 69.6 Å². The van der Waals surface area contributed by atoms with Crippen LogP contribution in [0.25, 0.3) is 0 Å². The van der Waals surface area contributed by atoms with E-state index < -0.39 is 50.1 Å². The molecule has 0 bridgehead atoms. The summed E-state index contributed by atoms with van der Waals surface area (Å²) in [4.78, 5) is 67.4. The molecule has 766 valence electrons. The van der Waals surface area contributed by atoms with Gasteiger partial charge in [0.25, 0.3) is 0 Å². The smallest absolute Gasteiger partial charge is 0.410 e. The van der Waals surface area contributed by atoms with E-state index in [4.69, 9.17) is 9.47 Å². The summed E-state index contributed by atoms with van der Waals surface area (Å²) in [7, 11) is -10.9. The average Bonchev–Trinajstić information content (AvgIpc) is 1.69. The molecule has 0 aromatic heterocycles. The summed E-state index contributed by atoms with van der Waals surface area (Å²) in [6.07, 6.45) is 23.8. The van der Waals surface area contributed by atoms with Crippen LogP contribution in [0.15, 0.2) is 58.2 Å². The van der Waals surface area contributed by atoms with Crippen molar-refractivity contribution in [1.29, 1.82) is 0 Å². The summed E-state index contributed by atoms with van der Waals surface area (Å²) < 4.78 is 99.3. The van der Waals surface area contributed by atoms with Crippen LogP contribution in [0.3, 0.4) is 0 Å². The third-order valence-corrected chi connectivity index (χ3v) is 37.1. The topological polar surface area (TPSA) is 248 Å². The maximum Gasteiger partial charge on any atom is 0.410 e. The highest BCUT2D eigenvalue weighted by Crippen LogP contribution is 2.49. The molecule has 16 aliphatic rings. The molecule has 3 aliphatic carbocycles. The molecule has 0 radical (unpaired) electrons. The van der Waals surface area contributed by atoms with Gasteiger partial charge in [-0.25, -0.2) is 43.5 Å². The number of likely N-dealkylation sites (tertiary alicyclic amines) is 7. The standard InChI is InChI=1S/C13H24N2O2.C13H23NO2.C13H23NO.C12H20N2O.C12H21NO2S.C11H20N2O2S.C10H20N2.C10H19NOS.C9H17NO2S/c1-10(2)14-6-13(7-14)8-15(9-13)11(16)17-12(3,4)5;1-10(2)11-6-8-14(9-7-11)12(15)16-13(3,4)5;1-10(2)11-6-8-14(9-7-11)12(15)13(3,4)5;1-9(2)13-5-12(6-13)7-14(8-12)11(15)10-3-4-10;1-10(2)11-4-8-13(9-5-11)16(14,15)12(3)6-7-12;1-9(2)12-5-11(6-12)7-13(8-11)16(14,15)10-3-4-10;1-4-11-5-10(6-11)7-12(8-10)9(2)3;1-9(2)10-5-7-11(8-6-10)13(3,4)12;1-8(2)9-4-6-10(7-5-9)13(3,11)12/h10H,6-9H2,1-5H3;6,10H,7-9H2,1-5H3;6,10H,7-9H2,1-5H3;9-10H,3-8H2,1-2H3;4,10H,5-9H2,1-3H3;9-10H,3-8H2,1-2H3;9H,4-8H2,1-3H3;5,9H,3,6-8H2,1-2,4H3;4,8H,5-7H2,1-3H3. The highest BCUT2D eigenvalue weighted by Gasteiger charge is 2.60. The Morgan fingerprint density at radius 1 is 0.391 bits per heavy atom. The molecular formula is C103H187N13O13S4. The van der Waals surface area contributed by atoms with Gasteiger partial charge in [0, 0.05) is 243 Å². The number of hydrogen-bond donors (Lipinski definition) is 0. The molecule has 13 aliphatic heterocycles. The van der Waals surface area contributed by atoms with Gasteiger partial charge in [-0.15, -0.1) is 0 Å². The molecule has 8 saturated heterocycles. The van der Waals surface area contributed by atoms with Crippen molar-refractivity contribution in [3.05, 3.63) is 58.2 Å². The molecule has 0 aromatic rings. The Kier molecular flexibility index (Phi) is 39.2. The number of ether oxygens (including phenoxy) is 2. The molecule has 0 N–H and O–H groups in total. The molecule has 3 saturated carbocycles. The fourth-order valence-corrected chi connectivity index (χ4v) is 25.1. The van der Waals surface area contributed by atoms with Gasteiger partial charge < -0.3 is 34.0 Å². The second-order valence-corrected chi connectivity index (χ2v) is 57.3. The van der Waals surface area contributed by atoms with Crippen LogP contribution in [0.1, 0.15) is 271 Å². The monoisotopic (exact) mass is 1940 g/mol. The first-order valence-corrected chi connectivity index (χ1v) is 57.8. The number of rotatable bonds is 17. The maximum absolute atomic E-state index is 12.2. The summed E-state index contributed by atoms with van der Waals surface area (Å²) in [5.74, 6) is 7.71. The largest absolute Gasteiger partial charge is 0.444 e. The first kappa shape index (κ1) is 114. The molecule has 4 amide bonds. The Bertz CT molecular complexity index is 4440. The lowest BCUT2D eigenvalue weighted by atomic mass is 9.72. The van der Waals surface area contributed by atoms with Gasteiger partial charge in [-0.05, 0) is 216 Å². The summed E-state index contributed by atoms with van der Waals surface area (Å²) in [6.45, 7) is 87.3. The van der Waals surface area contributed by atoms with Crippen molar-refractivity contribution < 1.29 is 58.1 Å². The van der Waals surface area contributed by atoms with E-state index in [9.17, 15) is 48.6 Å². The minimum Gasteiger partial charge on any atom is -0.444 e. The van der Waals surface area contributed by atoms with Crippen molar-refractivity contribution in [1.82, 2.24) is 61.3 Å². The van der Waals surface area contributed by atoms with E-state index >= 15 is 0 Å². The second kappa shape index (κ2) is 45.7. The first-order valence-electron chi connectivity index (χ1n) is 50.9. The van der Waals surface area contributed by atoms with Gasteiger partial charge in [0.2, 0.25) is 41.9 Å². The van der Waals surface area contributed by atoms with E-state index in [0.29, 0.717) is 109 Å². The minimum absolute atomic E-state index is 0.0360. The predicted octanol–water partition coefficient (Wildman–Crippen LogP) is 15.4. The van der Waals surface area contributed by atoms with E-state index in [1.807, 2.05) is 89.4 Å². The Hall–Kier alpha value is -4.31. The minimum atomic E-state index is -3.05. The van der Waals surface area contributed by atoms with E-state index in [0.717, 1.165) is 180 Å². The Morgan fingerprint density at radius 3 is 0.970 bits per heavy atom. The first-order chi connectivity index (χ1) is 61.2. The highest BCUT2D eigenvalue weighted by atomic mass is 32.2. The van der Waals surface area contributed by atoms with E-state index in [2.05, 4.69) is 191 Å². The Morgan fingerprint density at radius 2 is 0.699 bits per heavy atom. The SMILES string of the molecule is C=S(C)(=O)N1CC=C(C(C)C)CC1.CC(C)C1=CCN(C(=O)C(C)(C)C)CC1.CC(C)C1=CCN(C(=O)OC(C)(C)C)CC1.CC(C)C1=CCN(S(=O)(=O)C2(C)CC2)CC1.CC(C)C1=CCN(S(C)(=O)=O)CC1.CC(C)N1CC2(C1)CN(S(=O)(=O)C1CC1)C2.CC(C)N1CC2(CN(C(=O)C3CC3)C2)C1.CC(C)N1CC2(CN(C(=O)OC(C)(C)C)C2)C1.CCN1CC2(C1)CN(C(C)C)C2. The Balaban J connectivity index is 0.000000185. The molecule has 1 atom stereocenters. The summed E-state index contributed by atoms with van der Waals surface area (Å²) >= 11 is 0. The highest BCUT2D eigenvalue weighted by molar-refractivity contribution is 7.97. The summed E-state index contributed by atoms with van der Waals surface area (Å²) in [5, 5.41) is -0.0360. The number of hydrogen-bond acceptors (Lipinski definition) is 18. The van der Waals surface area contributed by atoms with Crippen molar-refractivity contribution in [3.63, 3.8) is 0 Å². The van der Waals surface area contributed by atoms with Gasteiger partial charge in [0.15, 0.2) is 0 Å². The number of nitrogens with zero attached hydrogens (tertiary/aromatic N) is 13. The molecule has 4 spiro atoms. The van der Waals surface area contributed by atoms with Gasteiger partial charge in [-0.1, -0.05) is 155 Å². The average molecular weight is 1940 g/mol. The summed E-state index contributed by atoms with van der Waals surface area (Å²) in [5.41, 5.74) is 8.06. The van der Waals surface area contributed by atoms with Crippen LogP contribution in [0.4, 0.5) is 9.59 Å². The van der Waals surface area contributed by atoms with Crippen molar-refractivity contribution in [3.8, 4) is 0 Å². The molecule has 1 unspecified atom stereocenters.